The maximum atomic E-state index is 12.4. The van der Waals surface area contributed by atoms with Gasteiger partial charge in [0.25, 0.3) is 0 Å². The van der Waals surface area contributed by atoms with Crippen molar-refractivity contribution >= 4 is 22.0 Å². The molecular weight excluding hydrogens is 312 g/mol. The number of nitrogens with one attached hydrogen (secondary N) is 1. The molecule has 1 saturated heterocycles. The second-order valence-corrected chi connectivity index (χ2v) is 8.03. The highest BCUT2D eigenvalue weighted by atomic mass is 32.2. The minimum Gasteiger partial charge on any atom is -0.353 e. The van der Waals surface area contributed by atoms with E-state index in [0.717, 1.165) is 18.4 Å². The molecule has 0 unspecified atom stereocenters. The summed E-state index contributed by atoms with van der Waals surface area (Å²) in [6, 6.07) is 9.72. The number of nitrogens with zero attached hydrogens (tertiary/aromatic N) is 1. The van der Waals surface area contributed by atoms with Crippen LogP contribution in [0.1, 0.15) is 31.2 Å². The lowest BCUT2D eigenvalue weighted by atomic mass is 9.97. The van der Waals surface area contributed by atoms with Gasteiger partial charge in [0.2, 0.25) is 15.9 Å². The van der Waals surface area contributed by atoms with Gasteiger partial charge in [0.05, 0.1) is 0 Å². The smallest absolute Gasteiger partial charge is 0.236 e. The van der Waals surface area contributed by atoms with Crippen LogP contribution in [0.15, 0.2) is 35.7 Å². The van der Waals surface area contributed by atoms with Gasteiger partial charge >= 0.3 is 0 Å². The fourth-order valence-corrected chi connectivity index (χ4v) is 3.95. The van der Waals surface area contributed by atoms with E-state index in [1.54, 1.807) is 6.08 Å². The molecule has 0 aromatic heterocycles. The van der Waals surface area contributed by atoms with Gasteiger partial charge in [-0.3, -0.25) is 4.79 Å². The van der Waals surface area contributed by atoms with E-state index in [-0.39, 0.29) is 11.8 Å². The second-order valence-electron chi connectivity index (χ2n) is 6.21. The number of sulfonamides is 1. The van der Waals surface area contributed by atoms with Gasteiger partial charge in [-0.05, 0) is 37.3 Å². The fraction of sp³-hybridized carbons (Fsp3) is 0.471. The maximum absolute atomic E-state index is 12.4. The van der Waals surface area contributed by atoms with E-state index in [9.17, 15) is 13.2 Å². The summed E-state index contributed by atoms with van der Waals surface area (Å²) in [5, 5.41) is 4.26. The number of carbonyl (C=O) groups is 1. The van der Waals surface area contributed by atoms with Crippen LogP contribution in [0.3, 0.4) is 0 Å². The molecule has 6 heteroatoms. The molecule has 1 aromatic rings. The molecule has 2 fully saturated rings. The van der Waals surface area contributed by atoms with E-state index in [0.29, 0.717) is 32.0 Å². The Balaban J connectivity index is 1.55. The summed E-state index contributed by atoms with van der Waals surface area (Å²) in [6.45, 7) is 0.814. The molecule has 0 atom stereocenters. The molecule has 124 valence electrons. The van der Waals surface area contributed by atoms with E-state index in [4.69, 9.17) is 0 Å². The monoisotopic (exact) mass is 334 g/mol. The van der Waals surface area contributed by atoms with Gasteiger partial charge in [-0.15, -0.1) is 0 Å². The van der Waals surface area contributed by atoms with Crippen molar-refractivity contribution in [2.45, 2.75) is 31.7 Å². The molecule has 1 N–H and O–H groups in total. The Morgan fingerprint density at radius 3 is 2.35 bits per heavy atom. The largest absolute Gasteiger partial charge is 0.353 e. The number of piperidine rings is 1. The third-order valence-corrected chi connectivity index (χ3v) is 5.91. The van der Waals surface area contributed by atoms with Crippen LogP contribution in [-0.2, 0) is 14.8 Å². The highest BCUT2D eigenvalue weighted by Crippen LogP contribution is 2.24. The van der Waals surface area contributed by atoms with E-state index in [1.165, 1.54) is 9.71 Å². The molecule has 1 aliphatic carbocycles. The summed E-state index contributed by atoms with van der Waals surface area (Å²) in [7, 11) is -3.42. The van der Waals surface area contributed by atoms with Gasteiger partial charge in [0, 0.05) is 30.5 Å². The molecule has 23 heavy (non-hydrogen) atoms. The number of hydrogen-bond donors (Lipinski definition) is 1. The van der Waals surface area contributed by atoms with Crippen molar-refractivity contribution in [3.05, 3.63) is 41.3 Å². The Bertz CT molecular complexity index is 673. The summed E-state index contributed by atoms with van der Waals surface area (Å²) in [4.78, 5) is 12.0. The van der Waals surface area contributed by atoms with E-state index >= 15 is 0 Å². The highest BCUT2D eigenvalue weighted by molar-refractivity contribution is 7.92. The van der Waals surface area contributed by atoms with Crippen LogP contribution in [0, 0.1) is 5.92 Å². The van der Waals surface area contributed by atoms with Crippen LogP contribution < -0.4 is 5.32 Å². The van der Waals surface area contributed by atoms with Crippen molar-refractivity contribution < 1.29 is 13.2 Å². The first-order chi connectivity index (χ1) is 11.0. The van der Waals surface area contributed by atoms with Gasteiger partial charge < -0.3 is 5.32 Å². The minimum absolute atomic E-state index is 0.0554. The quantitative estimate of drug-likeness (QED) is 0.895. The third kappa shape index (κ3) is 4.42. The average Bonchev–Trinajstić information content (AvgIpc) is 3.38. The topological polar surface area (TPSA) is 66.5 Å². The summed E-state index contributed by atoms with van der Waals surface area (Å²) in [6.07, 6.45) is 4.95. The molecular formula is C17H22N2O3S. The van der Waals surface area contributed by atoms with E-state index < -0.39 is 10.0 Å². The number of carbonyl (C=O) groups excluding carboxylic acids is 1. The summed E-state index contributed by atoms with van der Waals surface area (Å²) in [5.41, 5.74) is 0.856. The van der Waals surface area contributed by atoms with Gasteiger partial charge in [0.15, 0.2) is 0 Å². The molecule has 0 spiro atoms. The first kappa shape index (κ1) is 16.2. The lowest BCUT2D eigenvalue weighted by Crippen LogP contribution is -2.42. The van der Waals surface area contributed by atoms with Crippen LogP contribution in [0.5, 0.6) is 0 Å². The number of hydrogen-bond acceptors (Lipinski definition) is 3. The molecule has 5 nitrogen and oxygen atoms in total. The van der Waals surface area contributed by atoms with Crippen molar-refractivity contribution in [1.29, 1.82) is 0 Å². The molecule has 0 radical (unpaired) electrons. The van der Waals surface area contributed by atoms with E-state index in [2.05, 4.69) is 5.32 Å². The van der Waals surface area contributed by atoms with Crippen molar-refractivity contribution in [3.8, 4) is 0 Å². The van der Waals surface area contributed by atoms with Crippen LogP contribution in [-0.4, -0.2) is 37.8 Å². The first-order valence-electron chi connectivity index (χ1n) is 8.08. The summed E-state index contributed by atoms with van der Waals surface area (Å²) in [5.74, 6) is 0.0320. The number of rotatable bonds is 5. The zero-order valence-corrected chi connectivity index (χ0v) is 13.8. The molecule has 3 rings (SSSR count). The standard InChI is InChI=1S/C17H22N2O3S/c20-17(18-16-6-7-16)15-8-11-19(12-9-15)23(21,22)13-10-14-4-2-1-3-5-14/h1-5,10,13,15-16H,6-9,11-12H2,(H,18,20)/b13-10-. The first-order valence-corrected chi connectivity index (χ1v) is 9.58. The molecule has 1 aliphatic heterocycles. The lowest BCUT2D eigenvalue weighted by Gasteiger charge is -2.29. The summed E-state index contributed by atoms with van der Waals surface area (Å²) >= 11 is 0. The number of amides is 1. The highest BCUT2D eigenvalue weighted by Gasteiger charge is 2.32. The van der Waals surface area contributed by atoms with Gasteiger partial charge in [-0.2, -0.15) is 4.31 Å². The maximum Gasteiger partial charge on any atom is 0.236 e. The lowest BCUT2D eigenvalue weighted by molar-refractivity contribution is -0.126. The normalized spacial score (nSPS) is 20.7. The predicted octanol–water partition coefficient (Wildman–Crippen LogP) is 1.98. The van der Waals surface area contributed by atoms with Crippen LogP contribution >= 0.6 is 0 Å². The molecule has 1 aromatic carbocycles. The Kier molecular flexibility index (Phi) is 4.82. The van der Waals surface area contributed by atoms with E-state index in [1.807, 2.05) is 30.3 Å². The second kappa shape index (κ2) is 6.84. The Morgan fingerprint density at radius 1 is 1.09 bits per heavy atom. The van der Waals surface area contributed by atoms with Crippen molar-refractivity contribution in [2.24, 2.45) is 5.92 Å². The molecule has 1 amide bonds. The van der Waals surface area contributed by atoms with Crippen molar-refractivity contribution in [3.63, 3.8) is 0 Å². The Morgan fingerprint density at radius 2 is 1.74 bits per heavy atom. The number of benzene rings is 1. The minimum atomic E-state index is -3.42. The summed E-state index contributed by atoms with van der Waals surface area (Å²) < 4.78 is 26.2. The van der Waals surface area contributed by atoms with Crippen LogP contribution in [0.25, 0.3) is 6.08 Å². The zero-order valence-electron chi connectivity index (χ0n) is 13.0. The van der Waals surface area contributed by atoms with Crippen molar-refractivity contribution in [1.82, 2.24) is 9.62 Å². The predicted molar refractivity (Wildman–Crippen MR) is 89.9 cm³/mol. The molecule has 2 aliphatic rings. The van der Waals surface area contributed by atoms with Gasteiger partial charge in [-0.25, -0.2) is 8.42 Å². The third-order valence-electron chi connectivity index (χ3n) is 4.34. The Labute approximate surface area is 137 Å². The molecule has 1 saturated carbocycles. The van der Waals surface area contributed by atoms with Crippen LogP contribution in [0.2, 0.25) is 0 Å². The van der Waals surface area contributed by atoms with Gasteiger partial charge in [0.1, 0.15) is 0 Å². The molecule has 0 bridgehead atoms. The Hall–Kier alpha value is -1.66. The van der Waals surface area contributed by atoms with Crippen molar-refractivity contribution in [2.75, 3.05) is 13.1 Å². The van der Waals surface area contributed by atoms with Gasteiger partial charge in [-0.1, -0.05) is 30.3 Å². The zero-order chi connectivity index (χ0) is 16.3. The fourth-order valence-electron chi connectivity index (χ4n) is 2.73. The molecule has 1 heterocycles. The average molecular weight is 334 g/mol. The van der Waals surface area contributed by atoms with Crippen LogP contribution in [0.4, 0.5) is 0 Å². The SMILES string of the molecule is O=C(NC1CC1)C1CCN(S(=O)(=O)/C=C\c2ccccc2)CC1.